The van der Waals surface area contributed by atoms with E-state index in [4.69, 9.17) is 11.6 Å². The van der Waals surface area contributed by atoms with Gasteiger partial charge in [0.25, 0.3) is 0 Å². The number of carbonyl (C=O) groups excluding carboxylic acids is 2. The maximum atomic E-state index is 11.8. The molecule has 1 aromatic carbocycles. The smallest absolute Gasteiger partial charge is 0.307 e. The van der Waals surface area contributed by atoms with Crippen LogP contribution in [0.5, 0.6) is 0 Å². The molecule has 0 heterocycles. The lowest BCUT2D eigenvalue weighted by Crippen LogP contribution is -2.33. The van der Waals surface area contributed by atoms with Gasteiger partial charge in [-0.3, -0.25) is 9.59 Å². The summed E-state index contributed by atoms with van der Waals surface area (Å²) in [5.74, 6) is -0.689. The molecule has 1 aromatic rings. The summed E-state index contributed by atoms with van der Waals surface area (Å²) in [7, 11) is 1.32. The number of carbonyl (C=O) groups is 2. The molecule has 0 aromatic heterocycles. The number of rotatable bonds is 5. The first kappa shape index (κ1) is 15.5. The van der Waals surface area contributed by atoms with E-state index in [1.54, 1.807) is 32.0 Å². The highest BCUT2D eigenvalue weighted by molar-refractivity contribution is 6.31. The van der Waals surface area contributed by atoms with Crippen LogP contribution in [0.1, 0.15) is 31.9 Å². The zero-order valence-corrected chi connectivity index (χ0v) is 12.0. The van der Waals surface area contributed by atoms with Crippen LogP contribution in [0.25, 0.3) is 0 Å². The van der Waals surface area contributed by atoms with Gasteiger partial charge in [-0.15, -0.1) is 0 Å². The van der Waals surface area contributed by atoms with Crippen molar-refractivity contribution in [3.8, 4) is 0 Å². The Morgan fingerprint density at radius 2 is 1.95 bits per heavy atom. The van der Waals surface area contributed by atoms with Crippen molar-refractivity contribution in [2.24, 2.45) is 5.92 Å². The average molecular weight is 284 g/mol. The molecule has 0 spiro atoms. The van der Waals surface area contributed by atoms with Gasteiger partial charge in [0, 0.05) is 10.9 Å². The van der Waals surface area contributed by atoms with Gasteiger partial charge in [0.05, 0.1) is 19.6 Å². The SMILES string of the molecule is COC(=O)CC(NC(=O)C(C)C)c1ccccc1Cl. The number of benzene rings is 1. The van der Waals surface area contributed by atoms with E-state index in [0.29, 0.717) is 10.6 Å². The van der Waals surface area contributed by atoms with Gasteiger partial charge in [0.15, 0.2) is 0 Å². The molecule has 0 aliphatic carbocycles. The topological polar surface area (TPSA) is 55.4 Å². The Labute approximate surface area is 118 Å². The molecule has 5 heteroatoms. The zero-order chi connectivity index (χ0) is 14.4. The molecule has 104 valence electrons. The van der Waals surface area contributed by atoms with Crippen LogP contribution < -0.4 is 5.32 Å². The summed E-state index contributed by atoms with van der Waals surface area (Å²) in [6.45, 7) is 3.58. The molecular weight excluding hydrogens is 266 g/mol. The van der Waals surface area contributed by atoms with Gasteiger partial charge in [0.1, 0.15) is 0 Å². The molecule has 0 saturated carbocycles. The van der Waals surface area contributed by atoms with Gasteiger partial charge in [-0.2, -0.15) is 0 Å². The summed E-state index contributed by atoms with van der Waals surface area (Å²) in [6, 6.07) is 6.65. The van der Waals surface area contributed by atoms with E-state index in [0.717, 1.165) is 0 Å². The first-order valence-corrected chi connectivity index (χ1v) is 6.45. The first-order valence-electron chi connectivity index (χ1n) is 6.07. The fourth-order valence-electron chi connectivity index (χ4n) is 1.58. The summed E-state index contributed by atoms with van der Waals surface area (Å²) < 4.78 is 4.65. The third-order valence-electron chi connectivity index (χ3n) is 2.72. The normalized spacial score (nSPS) is 12.1. The Bertz CT molecular complexity index is 460. The van der Waals surface area contributed by atoms with Crippen LogP contribution in [0.2, 0.25) is 5.02 Å². The standard InChI is InChI=1S/C14H18ClNO3/c1-9(2)14(18)16-12(8-13(17)19-3)10-6-4-5-7-11(10)15/h4-7,9,12H,8H2,1-3H3,(H,16,18). The Morgan fingerprint density at radius 3 is 2.47 bits per heavy atom. The summed E-state index contributed by atoms with van der Waals surface area (Å²) in [4.78, 5) is 23.2. The lowest BCUT2D eigenvalue weighted by Gasteiger charge is -2.20. The van der Waals surface area contributed by atoms with Crippen molar-refractivity contribution >= 4 is 23.5 Å². The van der Waals surface area contributed by atoms with Gasteiger partial charge in [-0.25, -0.2) is 0 Å². The second kappa shape index (κ2) is 7.14. The van der Waals surface area contributed by atoms with E-state index in [1.165, 1.54) is 7.11 Å². The summed E-state index contributed by atoms with van der Waals surface area (Å²) in [6.07, 6.45) is 0.0543. The highest BCUT2D eigenvalue weighted by atomic mass is 35.5. The lowest BCUT2D eigenvalue weighted by atomic mass is 10.0. The zero-order valence-electron chi connectivity index (χ0n) is 11.3. The second-order valence-corrected chi connectivity index (χ2v) is 4.92. The number of amides is 1. The van der Waals surface area contributed by atoms with Gasteiger partial charge >= 0.3 is 5.97 Å². The number of hydrogen-bond acceptors (Lipinski definition) is 3. The molecule has 4 nitrogen and oxygen atoms in total. The Balaban J connectivity index is 2.95. The summed E-state index contributed by atoms with van der Waals surface area (Å²) in [5.41, 5.74) is 0.712. The predicted octanol–water partition coefficient (Wildman–Crippen LogP) is 2.72. The summed E-state index contributed by atoms with van der Waals surface area (Å²) in [5, 5.41) is 3.33. The molecule has 1 atom stereocenters. The van der Waals surface area contributed by atoms with Crippen molar-refractivity contribution < 1.29 is 14.3 Å². The molecule has 1 amide bonds. The van der Waals surface area contributed by atoms with Crippen molar-refractivity contribution in [1.29, 1.82) is 0 Å². The van der Waals surface area contributed by atoms with Crippen LogP contribution >= 0.6 is 11.6 Å². The largest absolute Gasteiger partial charge is 0.469 e. The second-order valence-electron chi connectivity index (χ2n) is 4.52. The average Bonchev–Trinajstić information content (AvgIpc) is 2.38. The first-order chi connectivity index (χ1) is 8.95. The third-order valence-corrected chi connectivity index (χ3v) is 3.06. The van der Waals surface area contributed by atoms with Crippen molar-refractivity contribution in [2.45, 2.75) is 26.3 Å². The van der Waals surface area contributed by atoms with Gasteiger partial charge in [-0.1, -0.05) is 43.6 Å². The van der Waals surface area contributed by atoms with E-state index >= 15 is 0 Å². The van der Waals surface area contributed by atoms with Gasteiger partial charge in [-0.05, 0) is 11.6 Å². The van der Waals surface area contributed by atoms with E-state index in [1.807, 2.05) is 6.07 Å². The van der Waals surface area contributed by atoms with Crippen LogP contribution in [0.3, 0.4) is 0 Å². The van der Waals surface area contributed by atoms with Crippen LogP contribution in [-0.2, 0) is 14.3 Å². The van der Waals surface area contributed by atoms with Crippen molar-refractivity contribution in [3.05, 3.63) is 34.9 Å². The van der Waals surface area contributed by atoms with E-state index in [-0.39, 0.29) is 18.2 Å². The van der Waals surface area contributed by atoms with Crippen molar-refractivity contribution in [3.63, 3.8) is 0 Å². The quantitative estimate of drug-likeness (QED) is 0.846. The molecule has 19 heavy (non-hydrogen) atoms. The van der Waals surface area contributed by atoms with Crippen LogP contribution in [0.15, 0.2) is 24.3 Å². The van der Waals surface area contributed by atoms with Gasteiger partial charge in [0.2, 0.25) is 5.91 Å². The minimum atomic E-state index is -0.476. The number of methoxy groups -OCH3 is 1. The number of esters is 1. The van der Waals surface area contributed by atoms with E-state index in [9.17, 15) is 9.59 Å². The minimum Gasteiger partial charge on any atom is -0.469 e. The minimum absolute atomic E-state index is 0.0543. The molecule has 0 bridgehead atoms. The van der Waals surface area contributed by atoms with Crippen LogP contribution in [0.4, 0.5) is 0 Å². The van der Waals surface area contributed by atoms with Crippen molar-refractivity contribution in [2.75, 3.05) is 7.11 Å². The van der Waals surface area contributed by atoms with Crippen molar-refractivity contribution in [1.82, 2.24) is 5.32 Å². The van der Waals surface area contributed by atoms with Crippen LogP contribution in [-0.4, -0.2) is 19.0 Å². The Hall–Kier alpha value is -1.55. The molecule has 1 N–H and O–H groups in total. The number of nitrogens with one attached hydrogen (secondary N) is 1. The van der Waals surface area contributed by atoms with E-state index < -0.39 is 12.0 Å². The van der Waals surface area contributed by atoms with Gasteiger partial charge < -0.3 is 10.1 Å². The number of ether oxygens (including phenoxy) is 1. The molecule has 0 radical (unpaired) electrons. The molecule has 1 unspecified atom stereocenters. The van der Waals surface area contributed by atoms with Crippen LogP contribution in [0, 0.1) is 5.92 Å². The molecule has 0 aliphatic rings. The molecule has 1 rings (SSSR count). The maximum absolute atomic E-state index is 11.8. The molecule has 0 aliphatic heterocycles. The number of halogens is 1. The maximum Gasteiger partial charge on any atom is 0.307 e. The van der Waals surface area contributed by atoms with E-state index in [2.05, 4.69) is 10.1 Å². The fourth-order valence-corrected chi connectivity index (χ4v) is 1.85. The third kappa shape index (κ3) is 4.56. The predicted molar refractivity (Wildman–Crippen MR) is 73.8 cm³/mol. The molecular formula is C14H18ClNO3. The fraction of sp³-hybridized carbons (Fsp3) is 0.429. The molecule has 0 saturated heterocycles. The Morgan fingerprint density at radius 1 is 1.32 bits per heavy atom. The molecule has 0 fully saturated rings. The highest BCUT2D eigenvalue weighted by Crippen LogP contribution is 2.25. The Kier molecular flexibility index (Phi) is 5.83. The lowest BCUT2D eigenvalue weighted by molar-refractivity contribution is -0.141. The summed E-state index contributed by atoms with van der Waals surface area (Å²) >= 11 is 6.11. The number of hydrogen-bond donors (Lipinski definition) is 1. The highest BCUT2D eigenvalue weighted by Gasteiger charge is 2.21. The monoisotopic (exact) mass is 283 g/mol.